The van der Waals surface area contributed by atoms with Crippen LogP contribution in [0.25, 0.3) is 28.3 Å². The summed E-state index contributed by atoms with van der Waals surface area (Å²) in [5.74, 6) is 0.621. The summed E-state index contributed by atoms with van der Waals surface area (Å²) in [6.07, 6.45) is 11.9. The number of hydrogen-bond acceptors (Lipinski definition) is 7. The number of imidazole rings is 1. The monoisotopic (exact) mass is 488 g/mol. The lowest BCUT2D eigenvalue weighted by Crippen LogP contribution is -2.64. The molecule has 1 saturated heterocycles. The Morgan fingerprint density at radius 2 is 1.97 bits per heavy atom. The zero-order valence-electron chi connectivity index (χ0n) is 18.9. The maximum Gasteiger partial charge on any atom is 0.211 e. The van der Waals surface area contributed by atoms with Gasteiger partial charge in [-0.3, -0.25) is 18.2 Å². The van der Waals surface area contributed by atoms with E-state index in [1.807, 2.05) is 22.9 Å². The molecule has 0 atom stereocenters. The van der Waals surface area contributed by atoms with Crippen LogP contribution in [0.5, 0.6) is 0 Å². The first-order valence-corrected chi connectivity index (χ1v) is 12.6. The first-order valence-electron chi connectivity index (χ1n) is 10.8. The molecule has 11 nitrogen and oxygen atoms in total. The Balaban J connectivity index is 1.50. The van der Waals surface area contributed by atoms with Crippen LogP contribution in [0.3, 0.4) is 0 Å². The minimum atomic E-state index is -3.34. The lowest BCUT2D eigenvalue weighted by molar-refractivity contribution is 0.0520. The van der Waals surface area contributed by atoms with Crippen LogP contribution in [0.4, 0.5) is 4.39 Å². The summed E-state index contributed by atoms with van der Waals surface area (Å²) in [4.78, 5) is 9.27. The molecular formula is C21H25FN8O3S. The van der Waals surface area contributed by atoms with E-state index < -0.39 is 22.2 Å². The number of halogens is 1. The molecule has 180 valence electrons. The molecule has 0 aliphatic carbocycles. The third-order valence-electron chi connectivity index (χ3n) is 6.14. The summed E-state index contributed by atoms with van der Waals surface area (Å²) in [5.41, 5.74) is 2.25. The molecule has 1 fully saturated rings. The first kappa shape index (κ1) is 22.6. The van der Waals surface area contributed by atoms with Gasteiger partial charge in [-0.05, 0) is 0 Å². The number of aromatic nitrogens is 7. The van der Waals surface area contributed by atoms with Crippen LogP contribution < -0.4 is 0 Å². The normalized spacial score (nSPS) is 16.2. The topological polar surface area (TPSA) is 112 Å². The van der Waals surface area contributed by atoms with E-state index in [1.165, 1.54) is 4.31 Å². The van der Waals surface area contributed by atoms with E-state index in [2.05, 4.69) is 15.2 Å². The van der Waals surface area contributed by atoms with Gasteiger partial charge in [0, 0.05) is 63.0 Å². The average Bonchev–Trinajstić information content (AvgIpc) is 3.53. The number of fused-ring (bicyclic) bond motifs is 1. The molecule has 5 heterocycles. The number of nitrogens with zero attached hydrogens (tertiary/aromatic N) is 8. The van der Waals surface area contributed by atoms with Crippen molar-refractivity contribution in [3.05, 3.63) is 43.2 Å². The van der Waals surface area contributed by atoms with Gasteiger partial charge < -0.3 is 4.74 Å². The van der Waals surface area contributed by atoms with Crippen molar-refractivity contribution in [1.29, 1.82) is 0 Å². The molecule has 0 radical (unpaired) electrons. The quantitative estimate of drug-likeness (QED) is 0.350. The molecule has 0 saturated carbocycles. The Kier molecular flexibility index (Phi) is 5.70. The maximum absolute atomic E-state index is 13.4. The summed E-state index contributed by atoms with van der Waals surface area (Å²) < 4.78 is 48.9. The molecule has 1 aliphatic rings. The van der Waals surface area contributed by atoms with Gasteiger partial charge in [0.25, 0.3) is 0 Å². The first-order chi connectivity index (χ1) is 16.3. The Morgan fingerprint density at radius 1 is 1.18 bits per heavy atom. The molecule has 1 aliphatic heterocycles. The molecule has 0 unspecified atom stereocenters. The standard InChI is InChI=1S/C21H25FN8O3S/c1-33-8-7-27-12-16(10-24-27)18-9-19-23-5-6-29(19)20(26-18)17-11-25-30(13-17)21(3-4-22)14-28(15-21)34(2,31)32/h5-6,9-13H,3-4,7-8,14-15H2,1-2H3. The highest BCUT2D eigenvalue weighted by Gasteiger charge is 2.48. The van der Waals surface area contributed by atoms with Gasteiger partial charge in [0.2, 0.25) is 10.0 Å². The van der Waals surface area contributed by atoms with Crippen molar-refractivity contribution in [1.82, 2.24) is 38.2 Å². The van der Waals surface area contributed by atoms with Gasteiger partial charge in [-0.15, -0.1) is 0 Å². The number of ether oxygens (including phenoxy) is 1. The van der Waals surface area contributed by atoms with Crippen molar-refractivity contribution in [2.24, 2.45) is 0 Å². The second-order valence-electron chi connectivity index (χ2n) is 8.47. The summed E-state index contributed by atoms with van der Waals surface area (Å²) in [6.45, 7) is 0.981. The smallest absolute Gasteiger partial charge is 0.211 e. The van der Waals surface area contributed by atoms with Crippen LogP contribution >= 0.6 is 0 Å². The van der Waals surface area contributed by atoms with Crippen LogP contribution in [0, 0.1) is 0 Å². The van der Waals surface area contributed by atoms with E-state index in [0.717, 1.165) is 11.8 Å². The highest BCUT2D eigenvalue weighted by Crippen LogP contribution is 2.35. The Morgan fingerprint density at radius 3 is 2.71 bits per heavy atom. The van der Waals surface area contributed by atoms with Crippen LogP contribution in [-0.2, 0) is 26.8 Å². The fraction of sp³-hybridized carbons (Fsp3) is 0.429. The highest BCUT2D eigenvalue weighted by atomic mass is 32.2. The number of hydrogen-bond donors (Lipinski definition) is 0. The lowest BCUT2D eigenvalue weighted by atomic mass is 9.89. The van der Waals surface area contributed by atoms with Gasteiger partial charge in [-0.25, -0.2) is 18.4 Å². The second kappa shape index (κ2) is 8.56. The molecule has 0 aromatic carbocycles. The van der Waals surface area contributed by atoms with Crippen molar-refractivity contribution in [2.45, 2.75) is 18.5 Å². The van der Waals surface area contributed by atoms with E-state index in [0.29, 0.717) is 35.9 Å². The Bertz CT molecular complexity index is 1420. The van der Waals surface area contributed by atoms with Gasteiger partial charge in [-0.2, -0.15) is 14.5 Å². The summed E-state index contributed by atoms with van der Waals surface area (Å²) in [6, 6.07) is 1.88. The molecular weight excluding hydrogens is 463 g/mol. The molecule has 0 bridgehead atoms. The second-order valence-corrected chi connectivity index (χ2v) is 10.5. The van der Waals surface area contributed by atoms with Crippen molar-refractivity contribution >= 4 is 15.7 Å². The molecule has 5 rings (SSSR count). The Labute approximate surface area is 195 Å². The van der Waals surface area contributed by atoms with Crippen LogP contribution in [0.1, 0.15) is 6.42 Å². The average molecular weight is 489 g/mol. The largest absolute Gasteiger partial charge is 0.383 e. The predicted molar refractivity (Wildman–Crippen MR) is 122 cm³/mol. The maximum atomic E-state index is 13.4. The van der Waals surface area contributed by atoms with E-state index in [1.54, 1.807) is 41.3 Å². The van der Waals surface area contributed by atoms with Gasteiger partial charge in [0.1, 0.15) is 11.5 Å². The van der Waals surface area contributed by atoms with Crippen molar-refractivity contribution in [3.63, 3.8) is 0 Å². The number of sulfonamides is 1. The summed E-state index contributed by atoms with van der Waals surface area (Å²) in [7, 11) is -1.70. The highest BCUT2D eigenvalue weighted by molar-refractivity contribution is 7.88. The van der Waals surface area contributed by atoms with Crippen LogP contribution in [0.15, 0.2) is 43.2 Å². The van der Waals surface area contributed by atoms with E-state index in [9.17, 15) is 12.8 Å². The van der Waals surface area contributed by atoms with Crippen LogP contribution in [-0.4, -0.2) is 86.4 Å². The van der Waals surface area contributed by atoms with E-state index in [-0.39, 0.29) is 19.5 Å². The van der Waals surface area contributed by atoms with E-state index >= 15 is 0 Å². The van der Waals surface area contributed by atoms with Gasteiger partial charge in [-0.1, -0.05) is 0 Å². The molecule has 13 heteroatoms. The summed E-state index contributed by atoms with van der Waals surface area (Å²) in [5, 5.41) is 8.84. The van der Waals surface area contributed by atoms with Crippen molar-refractivity contribution in [3.8, 4) is 22.6 Å². The fourth-order valence-electron chi connectivity index (χ4n) is 4.21. The molecule has 0 N–H and O–H groups in total. The van der Waals surface area contributed by atoms with E-state index in [4.69, 9.17) is 9.72 Å². The predicted octanol–water partition coefficient (Wildman–Crippen LogP) is 1.43. The fourth-order valence-corrected chi connectivity index (χ4v) is 5.16. The minimum Gasteiger partial charge on any atom is -0.383 e. The van der Waals surface area contributed by atoms with Gasteiger partial charge in [0.05, 0.1) is 55.3 Å². The van der Waals surface area contributed by atoms with Crippen molar-refractivity contribution < 1.29 is 17.5 Å². The Hall–Kier alpha value is -3.16. The molecule has 0 amide bonds. The minimum absolute atomic E-state index is 0.175. The van der Waals surface area contributed by atoms with Gasteiger partial charge >= 0.3 is 0 Å². The third kappa shape index (κ3) is 3.99. The zero-order chi connectivity index (χ0) is 23.9. The van der Waals surface area contributed by atoms with Gasteiger partial charge in [0.15, 0.2) is 0 Å². The SMILES string of the molecule is COCCn1cc(-c2cc3nccn3c(-c3cnn(C4(CCF)CN(S(C)(=O)=O)C4)c3)n2)cn1. The molecule has 4 aromatic rings. The van der Waals surface area contributed by atoms with Crippen LogP contribution in [0.2, 0.25) is 0 Å². The number of rotatable bonds is 9. The number of methoxy groups -OCH3 is 1. The lowest BCUT2D eigenvalue weighted by Gasteiger charge is -2.48. The van der Waals surface area contributed by atoms with Crippen molar-refractivity contribution in [2.75, 3.05) is 39.7 Å². The molecule has 4 aromatic heterocycles. The zero-order valence-corrected chi connectivity index (χ0v) is 19.7. The molecule has 34 heavy (non-hydrogen) atoms. The molecule has 0 spiro atoms. The third-order valence-corrected chi connectivity index (χ3v) is 7.34. The number of alkyl halides is 1. The summed E-state index contributed by atoms with van der Waals surface area (Å²) >= 11 is 0.